The van der Waals surface area contributed by atoms with Crippen LogP contribution in [0.25, 0.3) is 22.4 Å². The van der Waals surface area contributed by atoms with Crippen LogP contribution in [0.4, 0.5) is 0 Å². The molecule has 4 nitrogen and oxygen atoms in total. The fraction of sp³-hybridized carbons (Fsp3) is 0.143. The number of hydrogen-bond donors (Lipinski definition) is 1. The molecule has 1 N–H and O–H groups in total. The summed E-state index contributed by atoms with van der Waals surface area (Å²) < 4.78 is 5.59. The van der Waals surface area contributed by atoms with Gasteiger partial charge in [-0.3, -0.25) is 0 Å². The quantitative estimate of drug-likeness (QED) is 0.559. The average molecular weight is 414 g/mol. The second-order valence-corrected chi connectivity index (χ2v) is 6.02. The van der Waals surface area contributed by atoms with Gasteiger partial charge in [-0.05, 0) is 35.9 Å². The Hall–Kier alpha value is -2.66. The van der Waals surface area contributed by atoms with Crippen LogP contribution in [0.1, 0.15) is 24.3 Å². The van der Waals surface area contributed by atoms with Gasteiger partial charge in [-0.1, -0.05) is 60.1 Å². The van der Waals surface area contributed by atoms with Crippen molar-refractivity contribution in [2.75, 3.05) is 7.11 Å². The lowest BCUT2D eigenvalue weighted by Crippen LogP contribution is -2.04. The molecule has 3 rings (SSSR count). The summed E-state index contributed by atoms with van der Waals surface area (Å²) in [5.74, 6) is -0.311. The number of aromatic nitrogens is 1. The predicted molar refractivity (Wildman–Crippen MR) is 107 cm³/mol. The molecule has 3 aromatic rings. The Morgan fingerprint density at radius 1 is 0.962 bits per heavy atom. The number of rotatable bonds is 3. The molecule has 0 bridgehead atoms. The van der Waals surface area contributed by atoms with Gasteiger partial charge in [0.05, 0.1) is 12.8 Å². The number of phenols is 1. The minimum Gasteiger partial charge on any atom is -0.507 e. The zero-order valence-corrected chi connectivity index (χ0v) is 16.4. The van der Waals surface area contributed by atoms with Gasteiger partial charge in [-0.25, -0.2) is 9.78 Å². The van der Waals surface area contributed by atoms with Crippen molar-refractivity contribution in [3.63, 3.8) is 0 Å². The SMILES string of the molecule is CC.COC(=O)c1cccc(-c2ccccc2-c2cc(Br)ccc2O)n1. The predicted octanol–water partition coefficient (Wildman–Crippen LogP) is 5.70. The third-order valence-electron chi connectivity index (χ3n) is 3.60. The van der Waals surface area contributed by atoms with Gasteiger partial charge in [0.2, 0.25) is 0 Å². The van der Waals surface area contributed by atoms with Crippen molar-refractivity contribution < 1.29 is 14.6 Å². The van der Waals surface area contributed by atoms with Crippen molar-refractivity contribution in [2.45, 2.75) is 13.8 Å². The van der Waals surface area contributed by atoms with E-state index in [9.17, 15) is 9.90 Å². The van der Waals surface area contributed by atoms with E-state index in [0.717, 1.165) is 15.6 Å². The van der Waals surface area contributed by atoms with Crippen molar-refractivity contribution in [1.82, 2.24) is 4.98 Å². The zero-order chi connectivity index (χ0) is 19.1. The highest BCUT2D eigenvalue weighted by molar-refractivity contribution is 9.10. The Labute approximate surface area is 161 Å². The first-order valence-corrected chi connectivity index (χ1v) is 9.03. The van der Waals surface area contributed by atoms with Gasteiger partial charge in [0.25, 0.3) is 0 Å². The Morgan fingerprint density at radius 3 is 2.35 bits per heavy atom. The van der Waals surface area contributed by atoms with Crippen LogP contribution in [0.3, 0.4) is 0 Å². The lowest BCUT2D eigenvalue weighted by atomic mass is 9.96. The van der Waals surface area contributed by atoms with Crippen molar-refractivity contribution in [2.24, 2.45) is 0 Å². The lowest BCUT2D eigenvalue weighted by Gasteiger charge is -2.12. The van der Waals surface area contributed by atoms with Crippen LogP contribution in [0, 0.1) is 0 Å². The Balaban J connectivity index is 0.00000117. The summed E-state index contributed by atoms with van der Waals surface area (Å²) in [4.78, 5) is 16.1. The third kappa shape index (κ3) is 4.29. The van der Waals surface area contributed by atoms with Crippen LogP contribution < -0.4 is 0 Å². The van der Waals surface area contributed by atoms with Crippen LogP contribution in [0.2, 0.25) is 0 Å². The summed E-state index contributed by atoms with van der Waals surface area (Å²) in [5.41, 5.74) is 3.20. The van der Waals surface area contributed by atoms with E-state index in [-0.39, 0.29) is 11.4 Å². The van der Waals surface area contributed by atoms with Gasteiger partial charge >= 0.3 is 5.97 Å². The van der Waals surface area contributed by atoms with E-state index >= 15 is 0 Å². The van der Waals surface area contributed by atoms with E-state index in [1.807, 2.05) is 50.2 Å². The van der Waals surface area contributed by atoms with Gasteiger partial charge in [-0.2, -0.15) is 0 Å². The van der Waals surface area contributed by atoms with Crippen molar-refractivity contribution in [3.8, 4) is 28.1 Å². The molecule has 0 unspecified atom stereocenters. The number of esters is 1. The Kier molecular flexibility index (Phi) is 6.92. The fourth-order valence-electron chi connectivity index (χ4n) is 2.47. The smallest absolute Gasteiger partial charge is 0.356 e. The topological polar surface area (TPSA) is 59.4 Å². The van der Waals surface area contributed by atoms with Gasteiger partial charge < -0.3 is 9.84 Å². The molecule has 0 atom stereocenters. The first-order valence-electron chi connectivity index (χ1n) is 8.24. The van der Waals surface area contributed by atoms with Crippen molar-refractivity contribution >= 4 is 21.9 Å². The Bertz CT molecular complexity index is 909. The summed E-state index contributed by atoms with van der Waals surface area (Å²) >= 11 is 3.43. The number of carbonyl (C=O) groups is 1. The number of ether oxygens (including phenoxy) is 1. The van der Waals surface area contributed by atoms with Crippen molar-refractivity contribution in [1.29, 1.82) is 0 Å². The maximum atomic E-state index is 11.7. The largest absolute Gasteiger partial charge is 0.507 e. The zero-order valence-electron chi connectivity index (χ0n) is 14.9. The molecule has 26 heavy (non-hydrogen) atoms. The van der Waals surface area contributed by atoms with Gasteiger partial charge in [0.15, 0.2) is 0 Å². The van der Waals surface area contributed by atoms with E-state index in [1.54, 1.807) is 24.3 Å². The molecule has 0 aliphatic carbocycles. The van der Waals surface area contributed by atoms with E-state index in [1.165, 1.54) is 7.11 Å². The molecule has 0 saturated heterocycles. The molecule has 1 aromatic heterocycles. The minimum absolute atomic E-state index is 0.176. The summed E-state index contributed by atoms with van der Waals surface area (Å²) in [6.45, 7) is 4.00. The molecule has 1 heterocycles. The number of carbonyl (C=O) groups excluding carboxylic acids is 1. The standard InChI is InChI=1S/C19H14BrNO3.C2H6/c1-24-19(23)17-8-4-7-16(21-17)14-6-3-2-5-13(14)15-11-12(20)9-10-18(15)22;1-2/h2-11,22H,1H3;1-2H3. The second kappa shape index (κ2) is 9.15. The Morgan fingerprint density at radius 2 is 1.65 bits per heavy atom. The number of pyridine rings is 1. The van der Waals surface area contributed by atoms with Crippen LogP contribution in [-0.4, -0.2) is 23.2 Å². The molecule has 0 amide bonds. The van der Waals surface area contributed by atoms with Crippen LogP contribution in [-0.2, 0) is 4.74 Å². The molecule has 0 aliphatic heterocycles. The summed E-state index contributed by atoms with van der Waals surface area (Å²) in [5, 5.41) is 10.2. The number of nitrogens with zero attached hydrogens (tertiary/aromatic N) is 1. The highest BCUT2D eigenvalue weighted by Gasteiger charge is 2.14. The monoisotopic (exact) mass is 413 g/mol. The van der Waals surface area contributed by atoms with Crippen LogP contribution >= 0.6 is 15.9 Å². The fourth-order valence-corrected chi connectivity index (χ4v) is 2.83. The number of benzene rings is 2. The molecule has 0 aliphatic rings. The van der Waals surface area contributed by atoms with Gasteiger partial charge in [0, 0.05) is 15.6 Å². The third-order valence-corrected chi connectivity index (χ3v) is 4.09. The van der Waals surface area contributed by atoms with Crippen molar-refractivity contribution in [3.05, 3.63) is 70.8 Å². The normalized spacial score (nSPS) is 9.85. The highest BCUT2D eigenvalue weighted by atomic mass is 79.9. The number of halogens is 1. The number of methoxy groups -OCH3 is 1. The average Bonchev–Trinajstić information content (AvgIpc) is 2.71. The minimum atomic E-state index is -0.486. The lowest BCUT2D eigenvalue weighted by molar-refractivity contribution is 0.0594. The molecular weight excluding hydrogens is 394 g/mol. The van der Waals surface area contributed by atoms with Gasteiger partial charge in [0.1, 0.15) is 11.4 Å². The molecule has 5 heteroatoms. The first kappa shape index (κ1) is 19.7. The molecule has 0 saturated carbocycles. The highest BCUT2D eigenvalue weighted by Crippen LogP contribution is 2.37. The maximum Gasteiger partial charge on any atom is 0.356 e. The molecule has 0 radical (unpaired) electrons. The number of hydrogen-bond acceptors (Lipinski definition) is 4. The number of phenolic OH excluding ortho intramolecular Hbond substituents is 1. The van der Waals surface area contributed by atoms with E-state index in [4.69, 9.17) is 4.74 Å². The van der Waals surface area contributed by atoms with E-state index < -0.39 is 5.97 Å². The summed E-state index contributed by atoms with van der Waals surface area (Å²) in [6, 6.07) is 18.0. The molecule has 0 spiro atoms. The molecule has 2 aromatic carbocycles. The molecule has 134 valence electrons. The second-order valence-electron chi connectivity index (χ2n) is 5.11. The van der Waals surface area contributed by atoms with E-state index in [0.29, 0.717) is 11.3 Å². The molecular formula is C21H20BrNO3. The van der Waals surface area contributed by atoms with Gasteiger partial charge in [-0.15, -0.1) is 0 Å². The molecule has 0 fully saturated rings. The first-order chi connectivity index (χ1) is 12.6. The van der Waals surface area contributed by atoms with E-state index in [2.05, 4.69) is 20.9 Å². The van der Waals surface area contributed by atoms with Crippen LogP contribution in [0.5, 0.6) is 5.75 Å². The summed E-state index contributed by atoms with van der Waals surface area (Å²) in [7, 11) is 1.32. The summed E-state index contributed by atoms with van der Waals surface area (Å²) in [6.07, 6.45) is 0. The van der Waals surface area contributed by atoms with Crippen LogP contribution in [0.15, 0.2) is 65.1 Å². The maximum absolute atomic E-state index is 11.7. The number of aromatic hydroxyl groups is 1.